The van der Waals surface area contributed by atoms with E-state index in [1.807, 2.05) is 43.3 Å². The van der Waals surface area contributed by atoms with E-state index < -0.39 is 33.2 Å². The molecule has 1 aliphatic carbocycles. The van der Waals surface area contributed by atoms with Crippen LogP contribution in [0.25, 0.3) is 0 Å². The first kappa shape index (κ1) is 19.2. The molecule has 5 nitrogen and oxygen atoms in total. The van der Waals surface area contributed by atoms with Crippen molar-refractivity contribution in [3.63, 3.8) is 0 Å². The van der Waals surface area contributed by atoms with Gasteiger partial charge < -0.3 is 0 Å². The Hall–Kier alpha value is -1.54. The largest absolute Gasteiger partial charge is 0.285 e. The van der Waals surface area contributed by atoms with Crippen LogP contribution in [0, 0.1) is 20.8 Å². The van der Waals surface area contributed by atoms with Crippen molar-refractivity contribution in [2.75, 3.05) is 6.26 Å². The molecule has 0 saturated carbocycles. The van der Waals surface area contributed by atoms with Crippen LogP contribution in [0.3, 0.4) is 0 Å². The summed E-state index contributed by atoms with van der Waals surface area (Å²) in [5.41, 5.74) is 4.31. The van der Waals surface area contributed by atoms with E-state index in [0.29, 0.717) is 22.4 Å². The summed E-state index contributed by atoms with van der Waals surface area (Å²) in [7, 11) is -3.76. The molecule has 3 unspecified atom stereocenters. The number of hydrogen-bond donors (Lipinski definition) is 1. The number of rotatable bonds is 5. The van der Waals surface area contributed by atoms with E-state index in [9.17, 15) is 12.6 Å². The third-order valence-electron chi connectivity index (χ3n) is 4.60. The van der Waals surface area contributed by atoms with Crippen LogP contribution in [-0.4, -0.2) is 25.0 Å². The van der Waals surface area contributed by atoms with Crippen LogP contribution in [0.5, 0.6) is 0 Å². The van der Waals surface area contributed by atoms with Gasteiger partial charge in [-0.25, -0.2) is 17.3 Å². The van der Waals surface area contributed by atoms with Gasteiger partial charge in [0.25, 0.3) is 0 Å². The summed E-state index contributed by atoms with van der Waals surface area (Å²) in [6, 6.07) is 10.8. The minimum Gasteiger partial charge on any atom is -0.285 e. The Morgan fingerprint density at radius 2 is 1.73 bits per heavy atom. The predicted molar refractivity (Wildman–Crippen MR) is 103 cm³/mol. The van der Waals surface area contributed by atoms with Gasteiger partial charge in [0, 0.05) is 12.7 Å². The van der Waals surface area contributed by atoms with Gasteiger partial charge in [0.15, 0.2) is 11.1 Å². The van der Waals surface area contributed by atoms with Crippen molar-refractivity contribution < 1.29 is 16.8 Å². The minimum absolute atomic E-state index is 0.295. The number of fused-ring (bicyclic) bond motifs is 1. The molecule has 140 valence electrons. The van der Waals surface area contributed by atoms with Gasteiger partial charge >= 0.3 is 0 Å². The van der Waals surface area contributed by atoms with Gasteiger partial charge in [0.05, 0.1) is 17.0 Å². The van der Waals surface area contributed by atoms with Crippen molar-refractivity contribution in [1.82, 2.24) is 4.72 Å². The summed E-state index contributed by atoms with van der Waals surface area (Å²) in [6.07, 6.45) is 1.47. The zero-order chi connectivity index (χ0) is 19.1. The summed E-state index contributed by atoms with van der Waals surface area (Å²) in [5.74, 6) is 0. The number of hydrogen-bond acceptors (Lipinski definition) is 4. The Balaban J connectivity index is 2.01. The number of sulfonamides is 1. The quantitative estimate of drug-likeness (QED) is 0.848. The fraction of sp³-hybridized carbons (Fsp3) is 0.368. The highest BCUT2D eigenvalue weighted by Crippen LogP contribution is 2.35. The van der Waals surface area contributed by atoms with E-state index in [2.05, 4.69) is 4.72 Å². The Morgan fingerprint density at radius 3 is 2.35 bits per heavy atom. The van der Waals surface area contributed by atoms with Crippen LogP contribution < -0.4 is 4.72 Å². The molecule has 26 heavy (non-hydrogen) atoms. The first-order valence-corrected chi connectivity index (χ1v) is 11.3. The lowest BCUT2D eigenvalue weighted by Gasteiger charge is -2.22. The molecule has 0 aliphatic heterocycles. The summed E-state index contributed by atoms with van der Waals surface area (Å²) in [5, 5.41) is 0. The van der Waals surface area contributed by atoms with E-state index in [1.54, 1.807) is 13.8 Å². The fourth-order valence-electron chi connectivity index (χ4n) is 3.78. The number of benzene rings is 2. The van der Waals surface area contributed by atoms with Crippen molar-refractivity contribution in [3.05, 3.63) is 64.2 Å². The third-order valence-corrected chi connectivity index (χ3v) is 6.86. The fourth-order valence-corrected chi connectivity index (χ4v) is 6.00. The maximum Gasteiger partial charge on any atom is 0.241 e. The Labute approximate surface area is 157 Å². The molecule has 0 radical (unpaired) electrons. The van der Waals surface area contributed by atoms with Crippen molar-refractivity contribution in [2.24, 2.45) is 0 Å². The van der Waals surface area contributed by atoms with Crippen LogP contribution in [0.2, 0.25) is 0 Å². The molecule has 2 aromatic rings. The zero-order valence-corrected chi connectivity index (χ0v) is 16.9. The summed E-state index contributed by atoms with van der Waals surface area (Å²) < 4.78 is 46.2. The first-order chi connectivity index (χ1) is 12.2. The summed E-state index contributed by atoms with van der Waals surface area (Å²) in [4.78, 5) is 0.295. The van der Waals surface area contributed by atoms with Crippen molar-refractivity contribution in [3.8, 4) is 0 Å². The molecule has 2 aromatic carbocycles. The normalized spacial score (nSPS) is 20.8. The molecule has 0 fully saturated rings. The van der Waals surface area contributed by atoms with Crippen molar-refractivity contribution in [1.29, 1.82) is 0 Å². The highest BCUT2D eigenvalue weighted by atomic mass is 32.2. The van der Waals surface area contributed by atoms with Gasteiger partial charge in [0.2, 0.25) is 10.0 Å². The van der Waals surface area contributed by atoms with Crippen LogP contribution in [0.1, 0.15) is 33.9 Å². The molecule has 3 atom stereocenters. The maximum atomic E-state index is 13.1. The maximum absolute atomic E-state index is 13.1. The Morgan fingerprint density at radius 1 is 1.12 bits per heavy atom. The molecular weight excluding hydrogens is 370 g/mol. The predicted octanol–water partition coefficient (Wildman–Crippen LogP) is 2.87. The minimum atomic E-state index is -3.76. The van der Waals surface area contributed by atoms with Gasteiger partial charge in [0.1, 0.15) is 0 Å². The molecule has 3 rings (SSSR count). The van der Waals surface area contributed by atoms with Crippen LogP contribution in [-0.2, 0) is 31.7 Å². The van der Waals surface area contributed by atoms with E-state index in [0.717, 1.165) is 16.7 Å². The molecule has 1 aliphatic rings. The SMILES string of the molecule is Cc1cc(C)c(S(=O)(=O)NC2c3ccccc3CC2OS(C)=O)c(C)c1. The standard InChI is InChI=1S/C19H23NO4S2/c1-12-9-13(2)19(14(3)10-12)26(22,23)20-18-16-8-6-5-7-15(16)11-17(18)24-25(4)21/h5-10,17-18,20H,11H2,1-4H3. The van der Waals surface area contributed by atoms with Crippen LogP contribution >= 0.6 is 0 Å². The topological polar surface area (TPSA) is 72.5 Å². The van der Waals surface area contributed by atoms with Crippen LogP contribution in [0.4, 0.5) is 0 Å². The molecule has 0 amide bonds. The lowest BCUT2D eigenvalue weighted by atomic mass is 10.1. The highest BCUT2D eigenvalue weighted by Gasteiger charge is 2.37. The average molecular weight is 394 g/mol. The highest BCUT2D eigenvalue weighted by molar-refractivity contribution is 7.89. The molecule has 0 aromatic heterocycles. The van der Waals surface area contributed by atoms with Gasteiger partial charge in [-0.2, -0.15) is 0 Å². The van der Waals surface area contributed by atoms with Gasteiger partial charge in [-0.05, 0) is 43.0 Å². The molecule has 0 spiro atoms. The second-order valence-electron chi connectivity index (χ2n) is 6.77. The van der Waals surface area contributed by atoms with Gasteiger partial charge in [-0.15, -0.1) is 0 Å². The lowest BCUT2D eigenvalue weighted by molar-refractivity contribution is 0.201. The number of aryl methyl sites for hydroxylation is 3. The average Bonchev–Trinajstić information content (AvgIpc) is 2.82. The molecule has 7 heteroatoms. The summed E-state index contributed by atoms with van der Waals surface area (Å²) >= 11 is -1.48. The summed E-state index contributed by atoms with van der Waals surface area (Å²) in [6.45, 7) is 5.54. The molecule has 0 saturated heterocycles. The number of nitrogens with one attached hydrogen (secondary N) is 1. The van der Waals surface area contributed by atoms with Gasteiger partial charge in [-0.3, -0.25) is 4.18 Å². The van der Waals surface area contributed by atoms with Crippen molar-refractivity contribution in [2.45, 2.75) is 44.2 Å². The second kappa shape index (κ2) is 7.23. The molecule has 1 N–H and O–H groups in total. The van der Waals surface area contributed by atoms with Crippen LogP contribution in [0.15, 0.2) is 41.3 Å². The van der Waals surface area contributed by atoms with E-state index in [-0.39, 0.29) is 0 Å². The Kier molecular flexibility index (Phi) is 5.35. The van der Waals surface area contributed by atoms with E-state index in [4.69, 9.17) is 4.18 Å². The smallest absolute Gasteiger partial charge is 0.241 e. The zero-order valence-electron chi connectivity index (χ0n) is 15.3. The van der Waals surface area contributed by atoms with E-state index in [1.165, 1.54) is 6.26 Å². The third kappa shape index (κ3) is 3.76. The first-order valence-electron chi connectivity index (χ1n) is 8.37. The lowest BCUT2D eigenvalue weighted by Crippen LogP contribution is -2.36. The monoisotopic (exact) mass is 393 g/mol. The molecule has 0 heterocycles. The molecular formula is C19H23NO4S2. The second-order valence-corrected chi connectivity index (χ2v) is 9.41. The van der Waals surface area contributed by atoms with Crippen molar-refractivity contribution >= 4 is 21.1 Å². The van der Waals surface area contributed by atoms with Gasteiger partial charge in [-0.1, -0.05) is 42.0 Å². The molecule has 0 bridgehead atoms. The van der Waals surface area contributed by atoms with E-state index >= 15 is 0 Å². The Bertz CT molecular complexity index is 946.